The fourth-order valence-electron chi connectivity index (χ4n) is 2.73. The third kappa shape index (κ3) is 0.977. The molecule has 1 aliphatic carbocycles. The molecule has 0 unspecified atom stereocenters. The minimum Gasteiger partial charge on any atom is -0.338 e. The molecule has 2 nitrogen and oxygen atoms in total. The second kappa shape index (κ2) is 2.35. The van der Waals surface area contributed by atoms with Crippen LogP contribution >= 0.6 is 0 Å². The van der Waals surface area contributed by atoms with Gasteiger partial charge in [-0.05, 0) is 24.8 Å². The van der Waals surface area contributed by atoms with E-state index in [9.17, 15) is 4.79 Å². The number of hydrogen-bond donors (Lipinski definition) is 0. The number of rotatable bonds is 1. The van der Waals surface area contributed by atoms with Crippen LogP contribution in [0.4, 0.5) is 0 Å². The Bertz CT molecular complexity index is 220. The monoisotopic (exact) mass is 165 g/mol. The Morgan fingerprint density at radius 2 is 2.17 bits per heavy atom. The standard InChI is InChI=1S/C10H15NO/c1-3-9(12)11-6-10(7-11)4-8(2)5-10/h3,8H,1,4-7H2,2H3. The summed E-state index contributed by atoms with van der Waals surface area (Å²) in [5.74, 6) is 0.978. The second-order valence-electron chi connectivity index (χ2n) is 4.41. The Hall–Kier alpha value is -0.790. The van der Waals surface area contributed by atoms with E-state index in [1.807, 2.05) is 4.90 Å². The molecule has 0 atom stereocenters. The summed E-state index contributed by atoms with van der Waals surface area (Å²) in [4.78, 5) is 13.0. The second-order valence-corrected chi connectivity index (χ2v) is 4.41. The summed E-state index contributed by atoms with van der Waals surface area (Å²) in [6.07, 6.45) is 4.04. The van der Waals surface area contributed by atoms with Gasteiger partial charge in [-0.15, -0.1) is 0 Å². The van der Waals surface area contributed by atoms with Crippen LogP contribution in [0.5, 0.6) is 0 Å². The van der Waals surface area contributed by atoms with E-state index in [1.165, 1.54) is 18.9 Å². The van der Waals surface area contributed by atoms with E-state index < -0.39 is 0 Å². The molecule has 0 N–H and O–H groups in total. The van der Waals surface area contributed by atoms with Crippen LogP contribution in [0.3, 0.4) is 0 Å². The van der Waals surface area contributed by atoms with Gasteiger partial charge in [0.2, 0.25) is 5.91 Å². The number of likely N-dealkylation sites (tertiary alicyclic amines) is 1. The molecule has 66 valence electrons. The van der Waals surface area contributed by atoms with Crippen molar-refractivity contribution in [2.45, 2.75) is 19.8 Å². The molecule has 0 aromatic heterocycles. The average molecular weight is 165 g/mol. The third-order valence-electron chi connectivity index (χ3n) is 3.10. The molecule has 0 bridgehead atoms. The van der Waals surface area contributed by atoms with Crippen molar-refractivity contribution in [2.24, 2.45) is 11.3 Å². The maximum atomic E-state index is 11.1. The van der Waals surface area contributed by atoms with Crippen LogP contribution in [-0.2, 0) is 4.79 Å². The van der Waals surface area contributed by atoms with Gasteiger partial charge in [-0.25, -0.2) is 0 Å². The fourth-order valence-corrected chi connectivity index (χ4v) is 2.73. The first-order valence-corrected chi connectivity index (χ1v) is 4.57. The number of nitrogens with zero attached hydrogens (tertiary/aromatic N) is 1. The van der Waals surface area contributed by atoms with Crippen LogP contribution in [0.2, 0.25) is 0 Å². The highest BCUT2D eigenvalue weighted by molar-refractivity contribution is 5.87. The van der Waals surface area contributed by atoms with Gasteiger partial charge in [0, 0.05) is 18.5 Å². The van der Waals surface area contributed by atoms with Gasteiger partial charge in [0.25, 0.3) is 0 Å². The minimum absolute atomic E-state index is 0.0974. The van der Waals surface area contributed by atoms with E-state index in [2.05, 4.69) is 13.5 Å². The summed E-state index contributed by atoms with van der Waals surface area (Å²) in [5.41, 5.74) is 0.526. The first kappa shape index (κ1) is 7.84. The van der Waals surface area contributed by atoms with Crippen LogP contribution in [0, 0.1) is 11.3 Å². The number of carbonyl (C=O) groups excluding carboxylic acids is 1. The van der Waals surface area contributed by atoms with Crippen molar-refractivity contribution >= 4 is 5.91 Å². The number of hydrogen-bond acceptors (Lipinski definition) is 1. The van der Waals surface area contributed by atoms with Crippen LogP contribution in [-0.4, -0.2) is 23.9 Å². The van der Waals surface area contributed by atoms with Crippen molar-refractivity contribution in [2.75, 3.05) is 13.1 Å². The van der Waals surface area contributed by atoms with Gasteiger partial charge in [-0.2, -0.15) is 0 Å². The molecular formula is C10H15NO. The summed E-state index contributed by atoms with van der Waals surface area (Å²) in [6.45, 7) is 7.71. The SMILES string of the molecule is C=CC(=O)N1CC2(CC(C)C2)C1. The zero-order valence-electron chi connectivity index (χ0n) is 7.55. The van der Waals surface area contributed by atoms with Crippen molar-refractivity contribution in [3.05, 3.63) is 12.7 Å². The van der Waals surface area contributed by atoms with Gasteiger partial charge in [-0.3, -0.25) is 4.79 Å². The Kier molecular flexibility index (Phi) is 1.53. The topological polar surface area (TPSA) is 20.3 Å². The van der Waals surface area contributed by atoms with E-state index in [0.717, 1.165) is 19.0 Å². The molecule has 1 saturated carbocycles. The molecule has 0 aromatic rings. The van der Waals surface area contributed by atoms with Crippen molar-refractivity contribution in [3.63, 3.8) is 0 Å². The molecule has 2 rings (SSSR count). The first-order chi connectivity index (χ1) is 5.65. The largest absolute Gasteiger partial charge is 0.338 e. The summed E-state index contributed by atoms with van der Waals surface area (Å²) < 4.78 is 0. The first-order valence-electron chi connectivity index (χ1n) is 4.57. The molecule has 2 heteroatoms. The van der Waals surface area contributed by atoms with Gasteiger partial charge >= 0.3 is 0 Å². The maximum absolute atomic E-state index is 11.1. The molecule has 1 heterocycles. The quantitative estimate of drug-likeness (QED) is 0.538. The Labute approximate surface area is 73.2 Å². The lowest BCUT2D eigenvalue weighted by molar-refractivity contribution is -0.148. The Morgan fingerprint density at radius 1 is 1.58 bits per heavy atom. The summed E-state index contributed by atoms with van der Waals surface area (Å²) in [7, 11) is 0. The lowest BCUT2D eigenvalue weighted by Gasteiger charge is -2.58. The van der Waals surface area contributed by atoms with Crippen LogP contribution in [0.15, 0.2) is 12.7 Å². The number of carbonyl (C=O) groups is 1. The number of amides is 1. The summed E-state index contributed by atoms with van der Waals surface area (Å²) >= 11 is 0. The zero-order chi connectivity index (χ0) is 8.77. The lowest BCUT2D eigenvalue weighted by Crippen LogP contribution is -2.63. The predicted molar refractivity (Wildman–Crippen MR) is 47.6 cm³/mol. The van der Waals surface area contributed by atoms with Crippen molar-refractivity contribution in [1.82, 2.24) is 4.90 Å². The predicted octanol–water partition coefficient (Wildman–Crippen LogP) is 1.43. The van der Waals surface area contributed by atoms with Crippen molar-refractivity contribution in [3.8, 4) is 0 Å². The van der Waals surface area contributed by atoms with Crippen molar-refractivity contribution in [1.29, 1.82) is 0 Å². The highest BCUT2D eigenvalue weighted by Crippen LogP contribution is 2.51. The average Bonchev–Trinajstić information content (AvgIpc) is 1.92. The minimum atomic E-state index is 0.0974. The third-order valence-corrected chi connectivity index (χ3v) is 3.10. The lowest BCUT2D eigenvalue weighted by atomic mass is 9.58. The van der Waals surface area contributed by atoms with Crippen LogP contribution in [0.1, 0.15) is 19.8 Å². The van der Waals surface area contributed by atoms with Crippen LogP contribution in [0.25, 0.3) is 0 Å². The summed E-state index contributed by atoms with van der Waals surface area (Å²) in [6, 6.07) is 0. The van der Waals surface area contributed by atoms with E-state index >= 15 is 0 Å². The molecule has 12 heavy (non-hydrogen) atoms. The molecule has 2 fully saturated rings. The fraction of sp³-hybridized carbons (Fsp3) is 0.700. The van der Waals surface area contributed by atoms with Gasteiger partial charge in [-0.1, -0.05) is 13.5 Å². The zero-order valence-corrected chi connectivity index (χ0v) is 7.55. The molecule has 1 amide bonds. The van der Waals surface area contributed by atoms with Gasteiger partial charge in [0.1, 0.15) is 0 Å². The highest BCUT2D eigenvalue weighted by Gasteiger charge is 2.51. The van der Waals surface area contributed by atoms with Gasteiger partial charge < -0.3 is 4.90 Å². The normalized spacial score (nSPS) is 26.2. The van der Waals surface area contributed by atoms with Gasteiger partial charge in [0.05, 0.1) is 0 Å². The molecule has 0 aromatic carbocycles. The van der Waals surface area contributed by atoms with Gasteiger partial charge in [0.15, 0.2) is 0 Å². The van der Waals surface area contributed by atoms with E-state index in [-0.39, 0.29) is 5.91 Å². The molecule has 2 aliphatic rings. The molecule has 1 saturated heterocycles. The summed E-state index contributed by atoms with van der Waals surface area (Å²) in [5, 5.41) is 0. The molecule has 1 spiro atoms. The highest BCUT2D eigenvalue weighted by atomic mass is 16.2. The van der Waals surface area contributed by atoms with E-state index in [4.69, 9.17) is 0 Å². The van der Waals surface area contributed by atoms with E-state index in [0.29, 0.717) is 5.41 Å². The van der Waals surface area contributed by atoms with Crippen molar-refractivity contribution < 1.29 is 4.79 Å². The maximum Gasteiger partial charge on any atom is 0.245 e. The van der Waals surface area contributed by atoms with Crippen LogP contribution < -0.4 is 0 Å². The molecule has 0 radical (unpaired) electrons. The Balaban J connectivity index is 1.84. The Morgan fingerprint density at radius 3 is 2.58 bits per heavy atom. The molecular weight excluding hydrogens is 150 g/mol. The smallest absolute Gasteiger partial charge is 0.245 e. The molecule has 1 aliphatic heterocycles. The van der Waals surface area contributed by atoms with E-state index in [1.54, 1.807) is 0 Å².